The topological polar surface area (TPSA) is 60.8 Å². The number of likely N-dealkylation sites (tertiary alicyclic amines) is 1. The van der Waals surface area contributed by atoms with Gasteiger partial charge in [-0.05, 0) is 5.56 Å². The zero-order valence-electron chi connectivity index (χ0n) is 9.62. The van der Waals surface area contributed by atoms with Crippen LogP contribution in [0, 0.1) is 5.92 Å². The molecule has 1 aromatic rings. The molecule has 17 heavy (non-hydrogen) atoms. The van der Waals surface area contributed by atoms with Gasteiger partial charge in [0.15, 0.2) is 0 Å². The average molecular weight is 235 g/mol. The third-order valence-corrected chi connectivity index (χ3v) is 3.34. The van der Waals surface area contributed by atoms with E-state index in [0.29, 0.717) is 13.1 Å². The van der Waals surface area contributed by atoms with E-state index in [1.165, 1.54) is 5.56 Å². The smallest absolute Gasteiger partial charge is 0.317 e. The van der Waals surface area contributed by atoms with Crippen LogP contribution in [0.5, 0.6) is 0 Å². The van der Waals surface area contributed by atoms with Crippen molar-refractivity contribution in [3.63, 3.8) is 0 Å². The Hall–Kier alpha value is -1.39. The first kappa shape index (κ1) is 12.1. The highest BCUT2D eigenvalue weighted by molar-refractivity contribution is 5.69. The zero-order chi connectivity index (χ0) is 12.3. The van der Waals surface area contributed by atoms with E-state index in [0.717, 1.165) is 0 Å². The summed E-state index contributed by atoms with van der Waals surface area (Å²) >= 11 is 0. The SMILES string of the molecule is O=C(O)CN1C[C@H](CO)[C@@H](c2ccccc2)C1. The Morgan fingerprint density at radius 3 is 2.59 bits per heavy atom. The molecule has 2 atom stereocenters. The van der Waals surface area contributed by atoms with Gasteiger partial charge in [0, 0.05) is 31.5 Å². The van der Waals surface area contributed by atoms with Gasteiger partial charge in [-0.3, -0.25) is 9.69 Å². The first-order chi connectivity index (χ1) is 8.20. The second-order valence-electron chi connectivity index (χ2n) is 4.55. The minimum absolute atomic E-state index is 0.0554. The lowest BCUT2D eigenvalue weighted by Gasteiger charge is -2.16. The van der Waals surface area contributed by atoms with Gasteiger partial charge in [0.05, 0.1) is 6.54 Å². The minimum Gasteiger partial charge on any atom is -0.480 e. The van der Waals surface area contributed by atoms with E-state index >= 15 is 0 Å². The summed E-state index contributed by atoms with van der Waals surface area (Å²) in [5.74, 6) is -0.437. The monoisotopic (exact) mass is 235 g/mol. The number of nitrogens with zero attached hydrogens (tertiary/aromatic N) is 1. The van der Waals surface area contributed by atoms with Gasteiger partial charge in [-0.15, -0.1) is 0 Å². The summed E-state index contributed by atoms with van der Waals surface area (Å²) in [4.78, 5) is 12.6. The number of benzene rings is 1. The summed E-state index contributed by atoms with van der Waals surface area (Å²) in [6.45, 7) is 1.53. The summed E-state index contributed by atoms with van der Waals surface area (Å²) in [5.41, 5.74) is 1.18. The van der Waals surface area contributed by atoms with E-state index in [2.05, 4.69) is 0 Å². The van der Waals surface area contributed by atoms with Crippen LogP contribution < -0.4 is 0 Å². The molecule has 1 heterocycles. The Bertz CT molecular complexity index is 380. The normalized spacial score (nSPS) is 25.0. The van der Waals surface area contributed by atoms with Crippen LogP contribution in [-0.2, 0) is 4.79 Å². The van der Waals surface area contributed by atoms with E-state index in [1.807, 2.05) is 35.2 Å². The molecule has 0 radical (unpaired) electrons. The number of carbonyl (C=O) groups is 1. The lowest BCUT2D eigenvalue weighted by molar-refractivity contribution is -0.138. The van der Waals surface area contributed by atoms with Crippen molar-refractivity contribution < 1.29 is 15.0 Å². The molecule has 1 saturated heterocycles. The second kappa shape index (κ2) is 5.29. The van der Waals surface area contributed by atoms with Crippen LogP contribution in [0.4, 0.5) is 0 Å². The van der Waals surface area contributed by atoms with Gasteiger partial charge >= 0.3 is 5.97 Å². The van der Waals surface area contributed by atoms with Crippen LogP contribution >= 0.6 is 0 Å². The molecule has 0 aromatic heterocycles. The molecule has 1 aliphatic heterocycles. The molecule has 2 N–H and O–H groups in total. The Kier molecular flexibility index (Phi) is 3.76. The van der Waals surface area contributed by atoms with E-state index in [-0.39, 0.29) is 25.0 Å². The molecule has 2 rings (SSSR count). The lowest BCUT2D eigenvalue weighted by atomic mass is 9.90. The van der Waals surface area contributed by atoms with Crippen molar-refractivity contribution in [3.8, 4) is 0 Å². The van der Waals surface area contributed by atoms with Crippen molar-refractivity contribution in [1.29, 1.82) is 0 Å². The zero-order valence-corrected chi connectivity index (χ0v) is 9.62. The number of carboxylic acid groups (broad SMARTS) is 1. The van der Waals surface area contributed by atoms with Crippen molar-refractivity contribution in [2.45, 2.75) is 5.92 Å². The Labute approximate surface area is 100 Å². The van der Waals surface area contributed by atoms with E-state index in [9.17, 15) is 9.90 Å². The third kappa shape index (κ3) is 2.84. The number of rotatable bonds is 4. The van der Waals surface area contributed by atoms with Gasteiger partial charge in [-0.2, -0.15) is 0 Å². The average Bonchev–Trinajstić information content (AvgIpc) is 2.72. The summed E-state index contributed by atoms with van der Waals surface area (Å²) in [7, 11) is 0. The lowest BCUT2D eigenvalue weighted by Crippen LogP contribution is -2.27. The van der Waals surface area contributed by atoms with E-state index in [4.69, 9.17) is 5.11 Å². The Balaban J connectivity index is 2.09. The summed E-state index contributed by atoms with van der Waals surface area (Å²) < 4.78 is 0. The van der Waals surface area contributed by atoms with Crippen LogP contribution in [0.1, 0.15) is 11.5 Å². The predicted octanol–water partition coefficient (Wildman–Crippen LogP) is 0.779. The molecule has 0 amide bonds. The number of aliphatic hydroxyl groups is 1. The molecule has 92 valence electrons. The van der Waals surface area contributed by atoms with Gasteiger partial charge in [-0.25, -0.2) is 0 Å². The van der Waals surface area contributed by atoms with Gasteiger partial charge in [0.25, 0.3) is 0 Å². The fourth-order valence-electron chi connectivity index (χ4n) is 2.54. The number of carboxylic acids is 1. The first-order valence-electron chi connectivity index (χ1n) is 5.80. The number of hydrogen-bond donors (Lipinski definition) is 2. The fraction of sp³-hybridized carbons (Fsp3) is 0.462. The van der Waals surface area contributed by atoms with Crippen molar-refractivity contribution in [3.05, 3.63) is 35.9 Å². The van der Waals surface area contributed by atoms with Gasteiger partial charge in [0.2, 0.25) is 0 Å². The molecule has 0 saturated carbocycles. The highest BCUT2D eigenvalue weighted by atomic mass is 16.4. The van der Waals surface area contributed by atoms with Crippen molar-refractivity contribution in [1.82, 2.24) is 4.90 Å². The summed E-state index contributed by atoms with van der Waals surface area (Å²) in [6.07, 6.45) is 0. The molecule has 0 aliphatic carbocycles. The number of aliphatic carboxylic acids is 1. The van der Waals surface area contributed by atoms with Gasteiger partial charge in [-0.1, -0.05) is 30.3 Å². The third-order valence-electron chi connectivity index (χ3n) is 3.34. The van der Waals surface area contributed by atoms with E-state index < -0.39 is 5.97 Å². The highest BCUT2D eigenvalue weighted by Gasteiger charge is 2.33. The summed E-state index contributed by atoms with van der Waals surface area (Å²) in [6, 6.07) is 9.99. The predicted molar refractivity (Wildman–Crippen MR) is 63.8 cm³/mol. The maximum Gasteiger partial charge on any atom is 0.317 e. The molecular weight excluding hydrogens is 218 g/mol. The maximum absolute atomic E-state index is 10.7. The highest BCUT2D eigenvalue weighted by Crippen LogP contribution is 2.31. The van der Waals surface area contributed by atoms with Gasteiger partial charge < -0.3 is 10.2 Å². The second-order valence-corrected chi connectivity index (χ2v) is 4.55. The molecular formula is C13H17NO3. The first-order valence-corrected chi connectivity index (χ1v) is 5.80. The van der Waals surface area contributed by atoms with Crippen LogP contribution in [0.25, 0.3) is 0 Å². The van der Waals surface area contributed by atoms with Crippen LogP contribution in [0.3, 0.4) is 0 Å². The van der Waals surface area contributed by atoms with Crippen molar-refractivity contribution >= 4 is 5.97 Å². The van der Waals surface area contributed by atoms with Crippen molar-refractivity contribution in [2.75, 3.05) is 26.2 Å². The molecule has 0 spiro atoms. The minimum atomic E-state index is -0.810. The molecule has 4 nitrogen and oxygen atoms in total. The maximum atomic E-state index is 10.7. The van der Waals surface area contributed by atoms with Crippen LogP contribution in [0.15, 0.2) is 30.3 Å². The molecule has 0 unspecified atom stereocenters. The summed E-state index contributed by atoms with van der Waals surface area (Å²) in [5, 5.41) is 18.2. The van der Waals surface area contributed by atoms with Crippen LogP contribution in [0.2, 0.25) is 0 Å². The molecule has 1 fully saturated rings. The molecule has 0 bridgehead atoms. The van der Waals surface area contributed by atoms with Gasteiger partial charge in [0.1, 0.15) is 0 Å². The fourth-order valence-corrected chi connectivity index (χ4v) is 2.54. The quantitative estimate of drug-likeness (QED) is 0.809. The van der Waals surface area contributed by atoms with Crippen LogP contribution in [-0.4, -0.2) is 47.3 Å². The van der Waals surface area contributed by atoms with E-state index in [1.54, 1.807) is 0 Å². The molecule has 1 aromatic carbocycles. The standard InChI is InChI=1S/C13H17NO3/c15-9-11-6-14(8-13(16)17)7-12(11)10-4-2-1-3-5-10/h1-5,11-12,15H,6-9H2,(H,16,17)/t11-,12-/m1/s1. The molecule has 1 aliphatic rings. The molecule has 4 heteroatoms. The Morgan fingerprint density at radius 2 is 2.00 bits per heavy atom. The number of aliphatic hydroxyl groups excluding tert-OH is 1. The van der Waals surface area contributed by atoms with Crippen molar-refractivity contribution in [2.24, 2.45) is 5.92 Å². The largest absolute Gasteiger partial charge is 0.480 e. The Morgan fingerprint density at radius 1 is 1.29 bits per heavy atom. The number of hydrogen-bond acceptors (Lipinski definition) is 3.